The lowest BCUT2D eigenvalue weighted by molar-refractivity contribution is 0.601. The Morgan fingerprint density at radius 3 is 2.65 bits per heavy atom. The Hall–Kier alpha value is -1.67. The van der Waals surface area contributed by atoms with E-state index in [2.05, 4.69) is 14.9 Å². The minimum atomic E-state index is -3.73. The van der Waals surface area contributed by atoms with Crippen molar-refractivity contribution in [1.29, 1.82) is 0 Å². The van der Waals surface area contributed by atoms with Crippen molar-refractivity contribution in [2.45, 2.75) is 11.3 Å². The lowest BCUT2D eigenvalue weighted by atomic mass is 10.2. The summed E-state index contributed by atoms with van der Waals surface area (Å²) in [4.78, 5) is 2.30. The van der Waals surface area contributed by atoms with Gasteiger partial charge in [0.05, 0.1) is 22.0 Å². The van der Waals surface area contributed by atoms with E-state index in [1.807, 2.05) is 0 Å². The molecule has 0 bridgehead atoms. The van der Waals surface area contributed by atoms with E-state index in [4.69, 9.17) is 17.3 Å². The van der Waals surface area contributed by atoms with E-state index < -0.39 is 10.0 Å². The van der Waals surface area contributed by atoms with Gasteiger partial charge >= 0.3 is 0 Å². The van der Waals surface area contributed by atoms with Crippen molar-refractivity contribution in [3.05, 3.63) is 47.5 Å². The molecule has 4 N–H and O–H groups in total. The van der Waals surface area contributed by atoms with Crippen molar-refractivity contribution in [3.63, 3.8) is 0 Å². The Morgan fingerprint density at radius 1 is 1.12 bits per heavy atom. The van der Waals surface area contributed by atoms with Gasteiger partial charge in [0.25, 0.3) is 10.0 Å². The Labute approximate surface area is 165 Å². The second-order valence-electron chi connectivity index (χ2n) is 5.93. The van der Waals surface area contributed by atoms with Gasteiger partial charge in [-0.1, -0.05) is 17.7 Å². The average Bonchev–Trinajstić information content (AvgIpc) is 2.83. The predicted octanol–water partition coefficient (Wildman–Crippen LogP) is 2.94. The molecule has 3 rings (SSSR count). The fourth-order valence-electron chi connectivity index (χ4n) is 2.84. The summed E-state index contributed by atoms with van der Waals surface area (Å²) in [6.07, 6.45) is 1.02. The maximum absolute atomic E-state index is 12.6. The highest BCUT2D eigenvalue weighted by molar-refractivity contribution is 7.92. The van der Waals surface area contributed by atoms with Gasteiger partial charge in [-0.15, -0.1) is 12.4 Å². The first kappa shape index (κ1) is 20.6. The van der Waals surface area contributed by atoms with E-state index in [0.29, 0.717) is 16.4 Å². The summed E-state index contributed by atoms with van der Waals surface area (Å²) in [6, 6.07) is 11.4. The summed E-state index contributed by atoms with van der Waals surface area (Å²) >= 11 is 5.90. The molecule has 2 aromatic carbocycles. The van der Waals surface area contributed by atoms with Gasteiger partial charge in [0.2, 0.25) is 0 Å². The number of anilines is 3. The van der Waals surface area contributed by atoms with E-state index in [1.165, 1.54) is 6.07 Å². The first-order valence-corrected chi connectivity index (χ1v) is 9.95. The number of nitrogens with one attached hydrogen (secondary N) is 2. The molecule has 1 saturated heterocycles. The van der Waals surface area contributed by atoms with Crippen molar-refractivity contribution < 1.29 is 8.42 Å². The van der Waals surface area contributed by atoms with Crippen LogP contribution in [0.15, 0.2) is 47.4 Å². The molecule has 1 fully saturated rings. The zero-order valence-electron chi connectivity index (χ0n) is 14.1. The Balaban J connectivity index is 0.00000243. The largest absolute Gasteiger partial charge is 0.397 e. The molecule has 26 heavy (non-hydrogen) atoms. The summed E-state index contributed by atoms with van der Waals surface area (Å²) < 4.78 is 27.7. The smallest absolute Gasteiger partial charge is 0.261 e. The van der Waals surface area contributed by atoms with Crippen molar-refractivity contribution in [2.24, 2.45) is 0 Å². The van der Waals surface area contributed by atoms with Crippen LogP contribution in [0.5, 0.6) is 0 Å². The third-order valence-electron chi connectivity index (χ3n) is 4.07. The molecule has 0 spiro atoms. The average molecular weight is 417 g/mol. The SMILES string of the molecule is Cl.Nc1cc(S(=O)(=O)Nc2cccc(Cl)c2)ccc1N1CCCNCC1. The number of sulfonamides is 1. The lowest BCUT2D eigenvalue weighted by Gasteiger charge is -2.24. The van der Waals surface area contributed by atoms with E-state index >= 15 is 0 Å². The highest BCUT2D eigenvalue weighted by Crippen LogP contribution is 2.28. The van der Waals surface area contributed by atoms with Crippen molar-refractivity contribution >= 4 is 51.1 Å². The number of benzene rings is 2. The maximum atomic E-state index is 12.6. The Bertz CT molecular complexity index is 854. The van der Waals surface area contributed by atoms with Gasteiger partial charge in [-0.25, -0.2) is 8.42 Å². The number of nitrogens with zero attached hydrogens (tertiary/aromatic N) is 1. The lowest BCUT2D eigenvalue weighted by Crippen LogP contribution is -2.28. The van der Waals surface area contributed by atoms with Gasteiger partial charge < -0.3 is 16.0 Å². The molecule has 9 heteroatoms. The number of halogens is 2. The number of hydrogen-bond donors (Lipinski definition) is 3. The highest BCUT2D eigenvalue weighted by atomic mass is 35.5. The monoisotopic (exact) mass is 416 g/mol. The van der Waals surface area contributed by atoms with Gasteiger partial charge in [-0.05, 0) is 49.4 Å². The zero-order valence-corrected chi connectivity index (χ0v) is 16.5. The Morgan fingerprint density at radius 2 is 1.92 bits per heavy atom. The van der Waals surface area contributed by atoms with Crippen LogP contribution in [-0.2, 0) is 10.0 Å². The summed E-state index contributed by atoms with van der Waals surface area (Å²) in [5, 5.41) is 3.80. The molecular formula is C17H22Cl2N4O2S. The number of nitrogen functional groups attached to an aromatic ring is 1. The van der Waals surface area contributed by atoms with Crippen molar-refractivity contribution in [3.8, 4) is 0 Å². The van der Waals surface area contributed by atoms with Crippen molar-refractivity contribution in [2.75, 3.05) is 41.5 Å². The first-order chi connectivity index (χ1) is 12.0. The quantitative estimate of drug-likeness (QED) is 0.666. The number of hydrogen-bond acceptors (Lipinski definition) is 5. The molecule has 1 aliphatic rings. The third kappa shape index (κ3) is 4.94. The third-order valence-corrected chi connectivity index (χ3v) is 5.68. The fraction of sp³-hybridized carbons (Fsp3) is 0.294. The minimum Gasteiger partial charge on any atom is -0.397 e. The van der Waals surface area contributed by atoms with Crippen LogP contribution in [0, 0.1) is 0 Å². The van der Waals surface area contributed by atoms with Crippen LogP contribution in [-0.4, -0.2) is 34.6 Å². The van der Waals surface area contributed by atoms with Crippen LogP contribution in [0.1, 0.15) is 6.42 Å². The highest BCUT2D eigenvalue weighted by Gasteiger charge is 2.18. The molecule has 6 nitrogen and oxygen atoms in total. The molecule has 2 aromatic rings. The molecular weight excluding hydrogens is 395 g/mol. The van der Waals surface area contributed by atoms with E-state index in [1.54, 1.807) is 36.4 Å². The number of nitrogens with two attached hydrogens (primary N) is 1. The Kier molecular flexibility index (Phi) is 7.00. The van der Waals surface area contributed by atoms with E-state index in [9.17, 15) is 8.42 Å². The molecule has 142 valence electrons. The molecule has 1 aliphatic heterocycles. The van der Waals surface area contributed by atoms with Crippen LogP contribution in [0.3, 0.4) is 0 Å². The molecule has 0 atom stereocenters. The predicted molar refractivity (Wildman–Crippen MR) is 110 cm³/mol. The van der Waals surface area contributed by atoms with Crippen LogP contribution in [0.4, 0.5) is 17.1 Å². The van der Waals surface area contributed by atoms with Gasteiger partial charge in [-0.2, -0.15) is 0 Å². The summed E-state index contributed by atoms with van der Waals surface area (Å²) in [5.41, 5.74) is 7.87. The summed E-state index contributed by atoms with van der Waals surface area (Å²) in [7, 11) is -3.73. The van der Waals surface area contributed by atoms with E-state index in [-0.39, 0.29) is 17.3 Å². The molecule has 1 heterocycles. The minimum absolute atomic E-state index is 0. The molecule has 0 aliphatic carbocycles. The van der Waals surface area contributed by atoms with Crippen LogP contribution >= 0.6 is 24.0 Å². The fourth-order valence-corrected chi connectivity index (χ4v) is 4.12. The second kappa shape index (κ2) is 8.81. The van der Waals surface area contributed by atoms with E-state index in [0.717, 1.165) is 38.3 Å². The topological polar surface area (TPSA) is 87.5 Å². The summed E-state index contributed by atoms with van der Waals surface area (Å²) in [6.45, 7) is 3.60. The molecule has 0 saturated carbocycles. The van der Waals surface area contributed by atoms with Gasteiger partial charge in [0.15, 0.2) is 0 Å². The molecule has 0 radical (unpaired) electrons. The normalized spacial score (nSPS) is 15.0. The second-order valence-corrected chi connectivity index (χ2v) is 8.05. The van der Waals surface area contributed by atoms with Crippen molar-refractivity contribution in [1.82, 2.24) is 5.32 Å². The molecule has 0 unspecified atom stereocenters. The molecule has 0 amide bonds. The van der Waals surface area contributed by atoms with Crippen LogP contribution in [0.2, 0.25) is 5.02 Å². The molecule has 0 aromatic heterocycles. The zero-order chi connectivity index (χ0) is 17.9. The number of rotatable bonds is 4. The van der Waals surface area contributed by atoms with Gasteiger partial charge in [0, 0.05) is 24.7 Å². The van der Waals surface area contributed by atoms with Gasteiger partial charge in [-0.3, -0.25) is 4.72 Å². The van der Waals surface area contributed by atoms with Crippen LogP contribution < -0.4 is 20.7 Å². The standard InChI is InChI=1S/C17H21ClN4O2S.ClH/c18-13-3-1-4-14(11-13)21-25(23,24)15-5-6-17(16(19)12-15)22-9-2-7-20-8-10-22;/h1,3-6,11-12,20-21H,2,7-10,19H2;1H. The maximum Gasteiger partial charge on any atom is 0.261 e. The first-order valence-electron chi connectivity index (χ1n) is 8.09. The van der Waals surface area contributed by atoms with Gasteiger partial charge in [0.1, 0.15) is 0 Å². The van der Waals surface area contributed by atoms with Crippen LogP contribution in [0.25, 0.3) is 0 Å². The summed E-state index contributed by atoms with van der Waals surface area (Å²) in [5.74, 6) is 0.